The second kappa shape index (κ2) is 6.03. The van der Waals surface area contributed by atoms with Crippen molar-refractivity contribution < 1.29 is 0 Å². The lowest BCUT2D eigenvalue weighted by molar-refractivity contribution is 0.690. The highest BCUT2D eigenvalue weighted by Crippen LogP contribution is 2.12. The Kier molecular flexibility index (Phi) is 4.40. The molecule has 0 atom stereocenters. The van der Waals surface area contributed by atoms with Gasteiger partial charge < -0.3 is 5.32 Å². The standard InChI is InChI=1S/C16H18ClN/c1-12-6-7-13(2)15(8-12)11-18-10-14-4-3-5-16(17)9-14/h3-9,18H,10-11H2,1-2H3. The lowest BCUT2D eigenvalue weighted by Crippen LogP contribution is -2.13. The Labute approximate surface area is 114 Å². The monoisotopic (exact) mass is 259 g/mol. The van der Waals surface area contributed by atoms with Crippen LogP contribution in [0, 0.1) is 13.8 Å². The molecular weight excluding hydrogens is 242 g/mol. The molecular formula is C16H18ClN. The molecule has 0 bridgehead atoms. The van der Waals surface area contributed by atoms with Crippen LogP contribution in [0.25, 0.3) is 0 Å². The summed E-state index contributed by atoms with van der Waals surface area (Å²) < 4.78 is 0. The van der Waals surface area contributed by atoms with Gasteiger partial charge in [0.2, 0.25) is 0 Å². The topological polar surface area (TPSA) is 12.0 Å². The summed E-state index contributed by atoms with van der Waals surface area (Å²) in [6, 6.07) is 14.5. The van der Waals surface area contributed by atoms with E-state index in [4.69, 9.17) is 11.6 Å². The molecule has 0 saturated heterocycles. The molecule has 0 aliphatic rings. The Bertz CT molecular complexity index is 534. The van der Waals surface area contributed by atoms with E-state index in [1.807, 2.05) is 18.2 Å². The zero-order valence-electron chi connectivity index (χ0n) is 10.8. The fourth-order valence-electron chi connectivity index (χ4n) is 1.98. The Morgan fingerprint density at radius 1 is 1.00 bits per heavy atom. The molecule has 2 aromatic rings. The van der Waals surface area contributed by atoms with Crippen LogP contribution in [0.4, 0.5) is 0 Å². The zero-order chi connectivity index (χ0) is 13.0. The third kappa shape index (κ3) is 3.59. The van der Waals surface area contributed by atoms with Crippen molar-refractivity contribution in [3.05, 3.63) is 69.7 Å². The van der Waals surface area contributed by atoms with Gasteiger partial charge in [-0.25, -0.2) is 0 Å². The summed E-state index contributed by atoms with van der Waals surface area (Å²) in [5.74, 6) is 0. The third-order valence-electron chi connectivity index (χ3n) is 3.04. The van der Waals surface area contributed by atoms with Gasteiger partial charge in [0, 0.05) is 18.1 Å². The first kappa shape index (κ1) is 13.1. The first-order valence-electron chi connectivity index (χ1n) is 6.16. The maximum absolute atomic E-state index is 5.96. The van der Waals surface area contributed by atoms with Crippen molar-refractivity contribution >= 4 is 11.6 Å². The molecule has 1 nitrogen and oxygen atoms in total. The van der Waals surface area contributed by atoms with E-state index >= 15 is 0 Å². The van der Waals surface area contributed by atoms with E-state index in [1.165, 1.54) is 22.3 Å². The normalized spacial score (nSPS) is 10.6. The van der Waals surface area contributed by atoms with Gasteiger partial charge in [-0.15, -0.1) is 0 Å². The molecule has 0 aromatic heterocycles. The maximum atomic E-state index is 5.96. The van der Waals surface area contributed by atoms with E-state index < -0.39 is 0 Å². The quantitative estimate of drug-likeness (QED) is 0.866. The van der Waals surface area contributed by atoms with Gasteiger partial charge in [0.05, 0.1) is 0 Å². The predicted molar refractivity (Wildman–Crippen MR) is 77.9 cm³/mol. The molecule has 0 aliphatic carbocycles. The number of halogens is 1. The molecule has 2 rings (SSSR count). The molecule has 18 heavy (non-hydrogen) atoms. The Hall–Kier alpha value is -1.31. The molecule has 0 heterocycles. The molecule has 0 unspecified atom stereocenters. The van der Waals surface area contributed by atoms with Crippen molar-refractivity contribution in [3.8, 4) is 0 Å². The van der Waals surface area contributed by atoms with Gasteiger partial charge in [-0.2, -0.15) is 0 Å². The van der Waals surface area contributed by atoms with Crippen LogP contribution in [0.5, 0.6) is 0 Å². The summed E-state index contributed by atoms with van der Waals surface area (Å²) in [4.78, 5) is 0. The predicted octanol–water partition coefficient (Wildman–Crippen LogP) is 4.25. The second-order valence-electron chi connectivity index (χ2n) is 4.66. The number of nitrogens with one attached hydrogen (secondary N) is 1. The number of benzene rings is 2. The summed E-state index contributed by atoms with van der Waals surface area (Å²) in [6.45, 7) is 6.00. The largest absolute Gasteiger partial charge is 0.309 e. The summed E-state index contributed by atoms with van der Waals surface area (Å²) >= 11 is 5.96. The van der Waals surface area contributed by atoms with Crippen LogP contribution in [0.2, 0.25) is 5.02 Å². The van der Waals surface area contributed by atoms with Gasteiger partial charge in [-0.1, -0.05) is 47.5 Å². The lowest BCUT2D eigenvalue weighted by Gasteiger charge is -2.09. The molecule has 0 saturated carbocycles. The minimum atomic E-state index is 0.793. The summed E-state index contributed by atoms with van der Waals surface area (Å²) in [5.41, 5.74) is 5.21. The van der Waals surface area contributed by atoms with Crippen LogP contribution in [-0.4, -0.2) is 0 Å². The van der Waals surface area contributed by atoms with Gasteiger partial charge in [0.1, 0.15) is 0 Å². The summed E-state index contributed by atoms with van der Waals surface area (Å²) in [5, 5.41) is 4.25. The summed E-state index contributed by atoms with van der Waals surface area (Å²) in [6.07, 6.45) is 0. The SMILES string of the molecule is Cc1ccc(C)c(CNCc2cccc(Cl)c2)c1. The third-order valence-corrected chi connectivity index (χ3v) is 3.27. The highest BCUT2D eigenvalue weighted by atomic mass is 35.5. The van der Waals surface area contributed by atoms with Gasteiger partial charge in [-0.3, -0.25) is 0 Å². The fourth-order valence-corrected chi connectivity index (χ4v) is 2.19. The van der Waals surface area contributed by atoms with Gasteiger partial charge >= 0.3 is 0 Å². The van der Waals surface area contributed by atoms with Crippen LogP contribution >= 0.6 is 11.6 Å². The van der Waals surface area contributed by atoms with E-state index in [-0.39, 0.29) is 0 Å². The van der Waals surface area contributed by atoms with Crippen LogP contribution in [-0.2, 0) is 13.1 Å². The van der Waals surface area contributed by atoms with Gasteiger partial charge in [0.25, 0.3) is 0 Å². The molecule has 0 spiro atoms. The van der Waals surface area contributed by atoms with Gasteiger partial charge in [-0.05, 0) is 42.7 Å². The van der Waals surface area contributed by atoms with Crippen molar-refractivity contribution in [2.75, 3.05) is 0 Å². The van der Waals surface area contributed by atoms with E-state index in [0.717, 1.165) is 18.1 Å². The van der Waals surface area contributed by atoms with Crippen LogP contribution < -0.4 is 5.32 Å². The Morgan fingerprint density at radius 3 is 2.61 bits per heavy atom. The average Bonchev–Trinajstić information content (AvgIpc) is 2.34. The number of aryl methyl sites for hydroxylation is 2. The molecule has 94 valence electrons. The van der Waals surface area contributed by atoms with Crippen molar-refractivity contribution in [1.82, 2.24) is 5.32 Å². The number of hydrogen-bond donors (Lipinski definition) is 1. The lowest BCUT2D eigenvalue weighted by atomic mass is 10.1. The molecule has 0 fully saturated rings. The first-order valence-corrected chi connectivity index (χ1v) is 6.54. The van der Waals surface area contributed by atoms with Crippen LogP contribution in [0.3, 0.4) is 0 Å². The molecule has 2 heteroatoms. The summed E-state index contributed by atoms with van der Waals surface area (Å²) in [7, 11) is 0. The van der Waals surface area contributed by atoms with E-state index in [1.54, 1.807) is 0 Å². The van der Waals surface area contributed by atoms with Crippen LogP contribution in [0.15, 0.2) is 42.5 Å². The van der Waals surface area contributed by atoms with Crippen molar-refractivity contribution in [3.63, 3.8) is 0 Å². The van der Waals surface area contributed by atoms with Crippen molar-refractivity contribution in [2.24, 2.45) is 0 Å². The smallest absolute Gasteiger partial charge is 0.0409 e. The molecule has 0 aliphatic heterocycles. The highest BCUT2D eigenvalue weighted by Gasteiger charge is 1.99. The Morgan fingerprint density at radius 2 is 1.83 bits per heavy atom. The first-order chi connectivity index (χ1) is 8.65. The minimum absolute atomic E-state index is 0.793. The minimum Gasteiger partial charge on any atom is -0.309 e. The molecule has 1 N–H and O–H groups in total. The average molecular weight is 260 g/mol. The second-order valence-corrected chi connectivity index (χ2v) is 5.10. The van der Waals surface area contributed by atoms with E-state index in [9.17, 15) is 0 Å². The fraction of sp³-hybridized carbons (Fsp3) is 0.250. The van der Waals surface area contributed by atoms with Gasteiger partial charge in [0.15, 0.2) is 0 Å². The highest BCUT2D eigenvalue weighted by molar-refractivity contribution is 6.30. The number of hydrogen-bond acceptors (Lipinski definition) is 1. The molecule has 0 radical (unpaired) electrons. The zero-order valence-corrected chi connectivity index (χ0v) is 11.6. The van der Waals surface area contributed by atoms with Crippen molar-refractivity contribution in [1.29, 1.82) is 0 Å². The molecule has 0 amide bonds. The number of rotatable bonds is 4. The van der Waals surface area contributed by atoms with Crippen LogP contribution in [0.1, 0.15) is 22.3 Å². The van der Waals surface area contributed by atoms with Crippen molar-refractivity contribution in [2.45, 2.75) is 26.9 Å². The van der Waals surface area contributed by atoms with E-state index in [2.05, 4.69) is 43.4 Å². The molecule has 2 aromatic carbocycles. The van der Waals surface area contributed by atoms with E-state index in [0.29, 0.717) is 0 Å². The Balaban J connectivity index is 1.94. The maximum Gasteiger partial charge on any atom is 0.0409 e.